The van der Waals surface area contributed by atoms with Gasteiger partial charge in [0, 0.05) is 18.4 Å². The Morgan fingerprint density at radius 2 is 2.06 bits per heavy atom. The number of carbonyl (C=O) groups excluding carboxylic acids is 1. The van der Waals surface area contributed by atoms with Crippen LogP contribution in [0.3, 0.4) is 0 Å². The summed E-state index contributed by atoms with van der Waals surface area (Å²) in [7, 11) is 0. The van der Waals surface area contributed by atoms with Gasteiger partial charge in [0.1, 0.15) is 0 Å². The van der Waals surface area contributed by atoms with Crippen molar-refractivity contribution in [3.63, 3.8) is 0 Å². The van der Waals surface area contributed by atoms with E-state index >= 15 is 0 Å². The number of rotatable bonds is 1. The molecule has 1 aliphatic heterocycles. The average Bonchev–Trinajstić information content (AvgIpc) is 2.86. The lowest BCUT2D eigenvalue weighted by Crippen LogP contribution is -2.43. The molecule has 3 nitrogen and oxygen atoms in total. The first-order valence-corrected chi connectivity index (χ1v) is 6.05. The summed E-state index contributed by atoms with van der Waals surface area (Å²) in [6.45, 7) is 15.4. The Morgan fingerprint density at radius 3 is 2.56 bits per heavy atom. The number of hydrogen-bond donors (Lipinski definition) is 0. The number of amides is 1. The maximum Gasteiger partial charge on any atom is 0.301 e. The quantitative estimate of drug-likeness (QED) is 0.623. The molecule has 1 saturated heterocycles. The molecular formula is C13H20N2O. The third-order valence-corrected chi connectivity index (χ3v) is 4.15. The standard InChI is InChI=1S/C13H20N2O/c1-8(13(2,3)4)12(16)15-10-6-9(10)7-11(15)14-5/h8-11H,6-7H2,1-4H3/t8-,9+,10+,11+/m1/s1. The predicted molar refractivity (Wildman–Crippen MR) is 62.4 cm³/mol. The predicted octanol–water partition coefficient (Wildman–Crippen LogP) is 2.53. The van der Waals surface area contributed by atoms with Crippen molar-refractivity contribution < 1.29 is 4.79 Å². The molecule has 1 aliphatic carbocycles. The van der Waals surface area contributed by atoms with Crippen LogP contribution in [0.15, 0.2) is 0 Å². The maximum absolute atomic E-state index is 12.4. The molecule has 0 spiro atoms. The molecule has 0 aromatic heterocycles. The van der Waals surface area contributed by atoms with Crippen molar-refractivity contribution in [2.45, 2.75) is 52.7 Å². The summed E-state index contributed by atoms with van der Waals surface area (Å²) in [4.78, 5) is 17.8. The van der Waals surface area contributed by atoms with Gasteiger partial charge in [-0.05, 0) is 17.8 Å². The molecule has 0 aromatic carbocycles. The lowest BCUT2D eigenvalue weighted by Gasteiger charge is -2.30. The van der Waals surface area contributed by atoms with Crippen molar-refractivity contribution in [3.8, 4) is 0 Å². The lowest BCUT2D eigenvalue weighted by molar-refractivity contribution is -0.139. The van der Waals surface area contributed by atoms with Gasteiger partial charge >= 0.3 is 6.17 Å². The van der Waals surface area contributed by atoms with Crippen LogP contribution in [0.5, 0.6) is 0 Å². The van der Waals surface area contributed by atoms with Gasteiger partial charge in [-0.1, -0.05) is 27.7 Å². The van der Waals surface area contributed by atoms with E-state index in [-0.39, 0.29) is 23.4 Å². The second kappa shape index (κ2) is 3.48. The van der Waals surface area contributed by atoms with Crippen molar-refractivity contribution in [1.82, 2.24) is 4.90 Å². The number of likely N-dealkylation sites (tertiary alicyclic amines) is 1. The van der Waals surface area contributed by atoms with E-state index in [0.29, 0.717) is 12.0 Å². The molecule has 1 saturated carbocycles. The third kappa shape index (κ3) is 1.71. The Kier molecular flexibility index (Phi) is 2.49. The van der Waals surface area contributed by atoms with Gasteiger partial charge in [-0.15, -0.1) is 0 Å². The highest BCUT2D eigenvalue weighted by Crippen LogP contribution is 2.49. The maximum atomic E-state index is 12.4. The van der Waals surface area contributed by atoms with Gasteiger partial charge in [0.15, 0.2) is 0 Å². The van der Waals surface area contributed by atoms with Gasteiger partial charge in [-0.2, -0.15) is 0 Å². The van der Waals surface area contributed by atoms with Gasteiger partial charge in [0.2, 0.25) is 5.91 Å². The summed E-state index contributed by atoms with van der Waals surface area (Å²) in [6.07, 6.45) is 1.84. The van der Waals surface area contributed by atoms with Gasteiger partial charge in [0.05, 0.1) is 0 Å². The highest BCUT2D eigenvalue weighted by molar-refractivity contribution is 5.81. The van der Waals surface area contributed by atoms with Crippen LogP contribution in [-0.2, 0) is 4.79 Å². The molecule has 0 aromatic rings. The summed E-state index contributed by atoms with van der Waals surface area (Å²) in [5.41, 5.74) is -0.0172. The first-order valence-electron chi connectivity index (χ1n) is 6.05. The second-order valence-corrected chi connectivity index (χ2v) is 6.24. The first kappa shape index (κ1) is 11.4. The summed E-state index contributed by atoms with van der Waals surface area (Å²) < 4.78 is 0. The smallest absolute Gasteiger partial charge is 0.290 e. The summed E-state index contributed by atoms with van der Waals surface area (Å²) in [6, 6.07) is 0.386. The average molecular weight is 220 g/mol. The minimum absolute atomic E-state index is 0.00361. The van der Waals surface area contributed by atoms with Gasteiger partial charge in [-0.3, -0.25) is 14.5 Å². The third-order valence-electron chi connectivity index (χ3n) is 4.15. The summed E-state index contributed by atoms with van der Waals surface area (Å²) in [5.74, 6) is 0.796. The number of piperidine rings is 1. The molecule has 3 heteroatoms. The molecule has 1 amide bonds. The molecule has 4 atom stereocenters. The molecule has 0 bridgehead atoms. The van der Waals surface area contributed by atoms with Crippen LogP contribution >= 0.6 is 0 Å². The minimum Gasteiger partial charge on any atom is -0.290 e. The molecule has 0 unspecified atom stereocenters. The van der Waals surface area contributed by atoms with E-state index in [4.69, 9.17) is 6.57 Å². The summed E-state index contributed by atoms with van der Waals surface area (Å²) >= 11 is 0. The Bertz CT molecular complexity index is 350. The molecule has 0 N–H and O–H groups in total. The molecule has 88 valence electrons. The highest BCUT2D eigenvalue weighted by atomic mass is 16.2. The van der Waals surface area contributed by atoms with Crippen molar-refractivity contribution in [2.75, 3.05) is 0 Å². The SMILES string of the molecule is [C-]#[N+][C@@H]1C[C@@H]2C[C@@H]2N1C(=O)[C@@H](C)C(C)(C)C. The van der Waals surface area contributed by atoms with E-state index in [1.54, 1.807) is 0 Å². The number of nitrogens with zero attached hydrogens (tertiary/aromatic N) is 2. The molecule has 2 aliphatic rings. The van der Waals surface area contributed by atoms with Crippen LogP contribution in [0.25, 0.3) is 4.85 Å². The number of carbonyl (C=O) groups is 1. The van der Waals surface area contributed by atoms with Crippen molar-refractivity contribution in [3.05, 3.63) is 11.4 Å². The monoisotopic (exact) mass is 220 g/mol. The summed E-state index contributed by atoms with van der Waals surface area (Å²) in [5, 5.41) is 0. The van der Waals surface area contributed by atoms with Gasteiger partial charge in [0.25, 0.3) is 0 Å². The van der Waals surface area contributed by atoms with Crippen LogP contribution < -0.4 is 0 Å². The second-order valence-electron chi connectivity index (χ2n) is 6.24. The van der Waals surface area contributed by atoms with Crippen molar-refractivity contribution in [2.24, 2.45) is 17.3 Å². The fourth-order valence-electron chi connectivity index (χ4n) is 2.45. The van der Waals surface area contributed by atoms with E-state index in [0.717, 1.165) is 12.8 Å². The van der Waals surface area contributed by atoms with Crippen LogP contribution in [0.1, 0.15) is 40.5 Å². The fraction of sp³-hybridized carbons (Fsp3) is 0.846. The number of hydrogen-bond acceptors (Lipinski definition) is 1. The zero-order valence-electron chi connectivity index (χ0n) is 10.5. The van der Waals surface area contributed by atoms with E-state index in [9.17, 15) is 4.79 Å². The van der Waals surface area contributed by atoms with Crippen LogP contribution in [0.2, 0.25) is 0 Å². The molecule has 2 fully saturated rings. The van der Waals surface area contributed by atoms with E-state index < -0.39 is 0 Å². The fourth-order valence-corrected chi connectivity index (χ4v) is 2.45. The molecule has 0 radical (unpaired) electrons. The minimum atomic E-state index is -0.180. The highest BCUT2D eigenvalue weighted by Gasteiger charge is 2.58. The Balaban J connectivity index is 2.13. The Morgan fingerprint density at radius 1 is 1.44 bits per heavy atom. The topological polar surface area (TPSA) is 24.7 Å². The molecule has 16 heavy (non-hydrogen) atoms. The van der Waals surface area contributed by atoms with E-state index in [1.807, 2.05) is 11.8 Å². The van der Waals surface area contributed by atoms with E-state index in [1.165, 1.54) is 0 Å². The van der Waals surface area contributed by atoms with E-state index in [2.05, 4.69) is 25.6 Å². The van der Waals surface area contributed by atoms with Gasteiger partial charge in [-0.25, -0.2) is 6.57 Å². The number of fused-ring (bicyclic) bond motifs is 1. The molecular weight excluding hydrogens is 200 g/mol. The largest absolute Gasteiger partial charge is 0.301 e. The zero-order chi connectivity index (χ0) is 12.1. The Labute approximate surface area is 97.6 Å². The first-order chi connectivity index (χ1) is 7.36. The zero-order valence-corrected chi connectivity index (χ0v) is 10.5. The Hall–Kier alpha value is -1.04. The van der Waals surface area contributed by atoms with Crippen molar-refractivity contribution >= 4 is 5.91 Å². The molecule has 2 rings (SSSR count). The molecule has 1 heterocycles. The van der Waals surface area contributed by atoms with Crippen molar-refractivity contribution in [1.29, 1.82) is 0 Å². The van der Waals surface area contributed by atoms with Crippen LogP contribution in [0.4, 0.5) is 0 Å². The normalized spacial score (nSPS) is 34.2. The van der Waals surface area contributed by atoms with Crippen LogP contribution in [0, 0.1) is 23.8 Å². The lowest BCUT2D eigenvalue weighted by atomic mass is 9.81. The van der Waals surface area contributed by atoms with Crippen LogP contribution in [-0.4, -0.2) is 23.0 Å². The van der Waals surface area contributed by atoms with Gasteiger partial charge < -0.3 is 0 Å².